The molecule has 2 nitrogen and oxygen atoms in total. The van der Waals surface area contributed by atoms with Gasteiger partial charge in [-0.25, -0.2) is 4.98 Å². The predicted octanol–water partition coefficient (Wildman–Crippen LogP) is 2.59. The maximum atomic E-state index is 4.65. The average molecular weight is 212 g/mol. The summed E-state index contributed by atoms with van der Waals surface area (Å²) in [5, 5.41) is 6.64. The standard InChI is InChI=1S/C11H20N2S/c1-8(12-5)6-10-13-9(7-14-10)11(2,3)4/h7-8,12H,6H2,1-5H3. The van der Waals surface area contributed by atoms with Gasteiger partial charge in [-0.1, -0.05) is 20.8 Å². The summed E-state index contributed by atoms with van der Waals surface area (Å²) in [7, 11) is 1.99. The van der Waals surface area contributed by atoms with E-state index in [9.17, 15) is 0 Å². The fourth-order valence-corrected chi connectivity index (χ4v) is 2.26. The van der Waals surface area contributed by atoms with Crippen molar-refractivity contribution in [3.05, 3.63) is 16.1 Å². The van der Waals surface area contributed by atoms with E-state index < -0.39 is 0 Å². The predicted molar refractivity (Wildman–Crippen MR) is 63.0 cm³/mol. The molecule has 0 aliphatic heterocycles. The Morgan fingerprint density at radius 1 is 1.50 bits per heavy atom. The number of likely N-dealkylation sites (N-methyl/N-ethyl adjacent to an activating group) is 1. The molecule has 0 saturated carbocycles. The van der Waals surface area contributed by atoms with Gasteiger partial charge >= 0.3 is 0 Å². The van der Waals surface area contributed by atoms with Crippen molar-refractivity contribution in [1.82, 2.24) is 10.3 Å². The topological polar surface area (TPSA) is 24.9 Å². The quantitative estimate of drug-likeness (QED) is 0.833. The van der Waals surface area contributed by atoms with Gasteiger partial charge in [-0.15, -0.1) is 11.3 Å². The molecule has 1 N–H and O–H groups in total. The lowest BCUT2D eigenvalue weighted by Crippen LogP contribution is -2.23. The molecule has 1 heterocycles. The van der Waals surface area contributed by atoms with Crippen molar-refractivity contribution in [1.29, 1.82) is 0 Å². The van der Waals surface area contributed by atoms with Crippen LogP contribution in [0.2, 0.25) is 0 Å². The van der Waals surface area contributed by atoms with Crippen LogP contribution in [0.4, 0.5) is 0 Å². The van der Waals surface area contributed by atoms with Crippen LogP contribution in [0.1, 0.15) is 38.4 Å². The molecule has 0 aliphatic rings. The van der Waals surface area contributed by atoms with E-state index in [1.54, 1.807) is 11.3 Å². The number of hydrogen-bond acceptors (Lipinski definition) is 3. The van der Waals surface area contributed by atoms with Crippen LogP contribution in [0.25, 0.3) is 0 Å². The van der Waals surface area contributed by atoms with E-state index in [0.29, 0.717) is 6.04 Å². The molecule has 3 heteroatoms. The van der Waals surface area contributed by atoms with Crippen molar-refractivity contribution in [3.8, 4) is 0 Å². The molecule has 0 aromatic carbocycles. The van der Waals surface area contributed by atoms with Crippen LogP contribution in [0.5, 0.6) is 0 Å². The van der Waals surface area contributed by atoms with Crippen LogP contribution in [0.3, 0.4) is 0 Å². The van der Waals surface area contributed by atoms with Gasteiger partial charge in [0, 0.05) is 23.3 Å². The molecular formula is C11H20N2S. The lowest BCUT2D eigenvalue weighted by Gasteiger charge is -2.14. The molecule has 0 radical (unpaired) electrons. The van der Waals surface area contributed by atoms with Crippen LogP contribution >= 0.6 is 11.3 Å². The van der Waals surface area contributed by atoms with Gasteiger partial charge in [-0.2, -0.15) is 0 Å². The number of aromatic nitrogens is 1. The zero-order valence-corrected chi connectivity index (χ0v) is 10.5. The van der Waals surface area contributed by atoms with Gasteiger partial charge in [0.2, 0.25) is 0 Å². The summed E-state index contributed by atoms with van der Waals surface area (Å²) in [6.07, 6.45) is 1.03. The van der Waals surface area contributed by atoms with E-state index in [0.717, 1.165) is 6.42 Å². The van der Waals surface area contributed by atoms with Gasteiger partial charge < -0.3 is 5.32 Å². The minimum Gasteiger partial charge on any atom is -0.317 e. The maximum Gasteiger partial charge on any atom is 0.0943 e. The maximum absolute atomic E-state index is 4.65. The summed E-state index contributed by atoms with van der Waals surface area (Å²) in [5.41, 5.74) is 1.39. The molecule has 0 amide bonds. The van der Waals surface area contributed by atoms with Crippen LogP contribution in [-0.4, -0.2) is 18.1 Å². The highest BCUT2D eigenvalue weighted by Gasteiger charge is 2.17. The molecule has 80 valence electrons. The lowest BCUT2D eigenvalue weighted by atomic mass is 9.93. The molecule has 0 bridgehead atoms. The first-order chi connectivity index (χ1) is 6.43. The van der Waals surface area contributed by atoms with E-state index in [2.05, 4.69) is 43.4 Å². The van der Waals surface area contributed by atoms with Crippen molar-refractivity contribution in [2.24, 2.45) is 0 Å². The second-order valence-corrected chi connectivity index (χ2v) is 5.71. The third-order valence-electron chi connectivity index (χ3n) is 2.29. The van der Waals surface area contributed by atoms with E-state index in [1.165, 1.54) is 10.7 Å². The number of rotatable bonds is 3. The fraction of sp³-hybridized carbons (Fsp3) is 0.727. The minimum atomic E-state index is 0.178. The molecule has 1 aromatic heterocycles. The molecule has 0 saturated heterocycles. The van der Waals surface area contributed by atoms with Gasteiger partial charge in [-0.05, 0) is 14.0 Å². The van der Waals surface area contributed by atoms with Crippen molar-refractivity contribution in [3.63, 3.8) is 0 Å². The highest BCUT2D eigenvalue weighted by molar-refractivity contribution is 7.09. The van der Waals surface area contributed by atoms with Crippen molar-refractivity contribution in [2.75, 3.05) is 7.05 Å². The number of hydrogen-bond donors (Lipinski definition) is 1. The molecule has 0 spiro atoms. The molecule has 1 unspecified atom stereocenters. The Morgan fingerprint density at radius 3 is 2.57 bits per heavy atom. The molecule has 0 aliphatic carbocycles. The normalized spacial score (nSPS) is 14.4. The third kappa shape index (κ3) is 3.07. The van der Waals surface area contributed by atoms with E-state index in [1.807, 2.05) is 7.05 Å². The molecule has 14 heavy (non-hydrogen) atoms. The number of nitrogens with one attached hydrogen (secondary N) is 1. The van der Waals surface area contributed by atoms with Crippen LogP contribution in [0.15, 0.2) is 5.38 Å². The van der Waals surface area contributed by atoms with Crippen LogP contribution in [0, 0.1) is 0 Å². The summed E-state index contributed by atoms with van der Waals surface area (Å²) in [6, 6.07) is 0.508. The zero-order valence-electron chi connectivity index (χ0n) is 9.72. The Bertz CT molecular complexity index is 286. The van der Waals surface area contributed by atoms with E-state index in [-0.39, 0.29) is 5.41 Å². The molecule has 0 fully saturated rings. The Balaban J connectivity index is 2.69. The number of thiazole rings is 1. The lowest BCUT2D eigenvalue weighted by molar-refractivity contribution is 0.563. The van der Waals surface area contributed by atoms with Gasteiger partial charge in [-0.3, -0.25) is 0 Å². The Hall–Kier alpha value is -0.410. The first kappa shape index (κ1) is 11.7. The van der Waals surface area contributed by atoms with E-state index in [4.69, 9.17) is 0 Å². The van der Waals surface area contributed by atoms with E-state index >= 15 is 0 Å². The van der Waals surface area contributed by atoms with Crippen LogP contribution in [-0.2, 0) is 11.8 Å². The minimum absolute atomic E-state index is 0.178. The SMILES string of the molecule is CNC(C)Cc1nc(C(C)(C)C)cs1. The summed E-state index contributed by atoms with van der Waals surface area (Å²) in [5.74, 6) is 0. The summed E-state index contributed by atoms with van der Waals surface area (Å²) < 4.78 is 0. The van der Waals surface area contributed by atoms with Gasteiger partial charge in [0.1, 0.15) is 0 Å². The smallest absolute Gasteiger partial charge is 0.0943 e. The molecule has 1 aromatic rings. The van der Waals surface area contributed by atoms with Gasteiger partial charge in [0.15, 0.2) is 0 Å². The fourth-order valence-electron chi connectivity index (χ4n) is 1.11. The second-order valence-electron chi connectivity index (χ2n) is 4.77. The van der Waals surface area contributed by atoms with Crippen LogP contribution < -0.4 is 5.32 Å². The second kappa shape index (κ2) is 4.41. The Labute approximate surface area is 90.8 Å². The molecule has 1 atom stereocenters. The Morgan fingerprint density at radius 2 is 2.14 bits per heavy atom. The van der Waals surface area contributed by atoms with Crippen molar-refractivity contribution in [2.45, 2.75) is 45.6 Å². The van der Waals surface area contributed by atoms with Crippen molar-refractivity contribution < 1.29 is 0 Å². The molecule has 1 rings (SSSR count). The first-order valence-corrected chi connectivity index (χ1v) is 5.93. The zero-order chi connectivity index (χ0) is 10.8. The first-order valence-electron chi connectivity index (χ1n) is 5.05. The largest absolute Gasteiger partial charge is 0.317 e. The summed E-state index contributed by atoms with van der Waals surface area (Å²) in [6.45, 7) is 8.78. The number of nitrogens with zero attached hydrogens (tertiary/aromatic N) is 1. The molecular weight excluding hydrogens is 192 g/mol. The summed E-state index contributed by atoms with van der Waals surface area (Å²) >= 11 is 1.77. The average Bonchev–Trinajstić information content (AvgIpc) is 2.51. The van der Waals surface area contributed by atoms with Gasteiger partial charge in [0.05, 0.1) is 10.7 Å². The third-order valence-corrected chi connectivity index (χ3v) is 3.16. The van der Waals surface area contributed by atoms with Crippen molar-refractivity contribution >= 4 is 11.3 Å². The summed E-state index contributed by atoms with van der Waals surface area (Å²) in [4.78, 5) is 4.65. The highest BCUT2D eigenvalue weighted by atomic mass is 32.1. The highest BCUT2D eigenvalue weighted by Crippen LogP contribution is 2.24. The van der Waals surface area contributed by atoms with Gasteiger partial charge in [0.25, 0.3) is 0 Å². The Kier molecular flexibility index (Phi) is 3.67. The monoisotopic (exact) mass is 212 g/mol.